The van der Waals surface area contributed by atoms with E-state index in [2.05, 4.69) is 51.5 Å². The van der Waals surface area contributed by atoms with E-state index < -0.39 is 0 Å². The summed E-state index contributed by atoms with van der Waals surface area (Å²) in [5.74, 6) is 1.82. The minimum absolute atomic E-state index is 0.500. The molecule has 0 heterocycles. The molecule has 0 radical (unpaired) electrons. The van der Waals surface area contributed by atoms with Crippen LogP contribution < -0.4 is 0 Å². The molecular weight excluding hydrogens is 326 g/mol. The van der Waals surface area contributed by atoms with Crippen LogP contribution in [0, 0.1) is 17.3 Å². The Kier molecular flexibility index (Phi) is 12.9. The van der Waals surface area contributed by atoms with Crippen molar-refractivity contribution in [1.82, 2.24) is 0 Å². The van der Waals surface area contributed by atoms with E-state index >= 15 is 0 Å². The summed E-state index contributed by atoms with van der Waals surface area (Å²) in [5, 5.41) is 4.50. The second kappa shape index (κ2) is 12.0. The second-order valence-corrected chi connectivity index (χ2v) is 11.3. The van der Waals surface area contributed by atoms with Gasteiger partial charge < -0.3 is 0 Å². The average Bonchev–Trinajstić information content (AvgIpc) is 2.53. The summed E-state index contributed by atoms with van der Waals surface area (Å²) < 4.78 is 0. The molecule has 6 unspecified atom stereocenters. The standard InChI is InChI=1S/C16H34P2.2CH3.Ti/c1-7-12(3)16(13(4)8-2)10-14(17-5)9-15(11-16)18-6;;;/h12-15,17-18H,7-11H2,1-6H3;2*1H3;. The first-order chi connectivity index (χ1) is 9.95. The van der Waals surface area contributed by atoms with Crippen molar-refractivity contribution in [3.05, 3.63) is 0 Å². The number of rotatable bonds is 6. The molecule has 0 aromatic carbocycles. The van der Waals surface area contributed by atoms with Crippen molar-refractivity contribution in [2.45, 2.75) is 81.6 Å². The van der Waals surface area contributed by atoms with Crippen LogP contribution in [-0.2, 0) is 19.2 Å². The van der Waals surface area contributed by atoms with Crippen molar-refractivity contribution in [3.8, 4) is 0 Å². The molecule has 0 bridgehead atoms. The van der Waals surface area contributed by atoms with Gasteiger partial charge in [-0.15, -0.1) is 17.2 Å². The van der Waals surface area contributed by atoms with Gasteiger partial charge >= 0.3 is 29.6 Å². The fourth-order valence-corrected chi connectivity index (χ4v) is 6.50. The van der Waals surface area contributed by atoms with E-state index in [1.54, 1.807) is 0 Å². The third-order valence-corrected chi connectivity index (χ3v) is 8.34. The van der Waals surface area contributed by atoms with E-state index in [-0.39, 0.29) is 0 Å². The van der Waals surface area contributed by atoms with Crippen LogP contribution in [0.15, 0.2) is 0 Å². The zero-order valence-corrected chi connectivity index (χ0v) is 19.4. The van der Waals surface area contributed by atoms with E-state index in [0.717, 1.165) is 40.3 Å². The molecule has 0 saturated heterocycles. The van der Waals surface area contributed by atoms with E-state index in [9.17, 15) is 0 Å². The van der Waals surface area contributed by atoms with Gasteiger partial charge in [0.25, 0.3) is 0 Å². The Labute approximate surface area is 148 Å². The van der Waals surface area contributed by atoms with Gasteiger partial charge in [-0.1, -0.05) is 40.5 Å². The Morgan fingerprint density at radius 2 is 1.29 bits per heavy atom. The average molecular weight is 366 g/mol. The normalized spacial score (nSPS) is 33.0. The quantitative estimate of drug-likeness (QED) is 0.359. The van der Waals surface area contributed by atoms with Gasteiger partial charge in [-0.2, -0.15) is 0 Å². The van der Waals surface area contributed by atoms with Crippen LogP contribution in [0.2, 0.25) is 10.5 Å². The summed E-state index contributed by atoms with van der Waals surface area (Å²) in [5.41, 5.74) is 2.71. The molecular formula is C18H40P2Ti. The summed E-state index contributed by atoms with van der Waals surface area (Å²) >= 11 is 0.500. The molecule has 126 valence electrons. The zero-order valence-electron chi connectivity index (χ0n) is 15.8. The van der Waals surface area contributed by atoms with Gasteiger partial charge in [-0.05, 0) is 61.2 Å². The van der Waals surface area contributed by atoms with Crippen molar-refractivity contribution < 1.29 is 19.2 Å². The van der Waals surface area contributed by atoms with Crippen molar-refractivity contribution in [1.29, 1.82) is 0 Å². The maximum absolute atomic E-state index is 2.53. The van der Waals surface area contributed by atoms with Gasteiger partial charge in [-0.25, -0.2) is 0 Å². The SMILES string of the molecule is CCC(C)C1(C(C)CC)CC(PC)CC(PC)C1.[CH3][Ti][CH3]. The molecule has 0 N–H and O–H groups in total. The first kappa shape index (κ1) is 22.6. The molecule has 0 amide bonds. The monoisotopic (exact) mass is 366 g/mol. The van der Waals surface area contributed by atoms with Crippen LogP contribution in [0.1, 0.15) is 59.8 Å². The topological polar surface area (TPSA) is 0 Å². The fourth-order valence-electron chi connectivity index (χ4n) is 4.05. The van der Waals surface area contributed by atoms with Crippen LogP contribution >= 0.6 is 17.2 Å². The van der Waals surface area contributed by atoms with Crippen LogP contribution in [0.25, 0.3) is 0 Å². The maximum atomic E-state index is 2.53. The molecule has 0 aromatic rings. The molecule has 0 nitrogen and oxygen atoms in total. The summed E-state index contributed by atoms with van der Waals surface area (Å²) in [6, 6.07) is 0. The van der Waals surface area contributed by atoms with Gasteiger partial charge in [0, 0.05) is 0 Å². The molecule has 3 heteroatoms. The first-order valence-corrected chi connectivity index (χ1v) is 15.2. The fraction of sp³-hybridized carbons (Fsp3) is 1.00. The summed E-state index contributed by atoms with van der Waals surface area (Å²) in [6.45, 7) is 14.7. The minimum atomic E-state index is 0.500. The van der Waals surface area contributed by atoms with Crippen LogP contribution in [0.3, 0.4) is 0 Å². The van der Waals surface area contributed by atoms with Gasteiger partial charge in [0.1, 0.15) is 0 Å². The van der Waals surface area contributed by atoms with E-state index in [0.29, 0.717) is 24.6 Å². The Morgan fingerprint density at radius 1 is 0.952 bits per heavy atom. The first-order valence-electron chi connectivity index (χ1n) is 8.88. The van der Waals surface area contributed by atoms with Gasteiger partial charge in [-0.3, -0.25) is 0 Å². The summed E-state index contributed by atoms with van der Waals surface area (Å²) in [6.07, 6.45) is 7.30. The van der Waals surface area contributed by atoms with Crippen LogP contribution in [0.4, 0.5) is 0 Å². The number of hydrogen-bond acceptors (Lipinski definition) is 0. The van der Waals surface area contributed by atoms with Crippen LogP contribution in [-0.4, -0.2) is 24.6 Å². The molecule has 1 aliphatic carbocycles. The van der Waals surface area contributed by atoms with Gasteiger partial charge in [0.05, 0.1) is 0 Å². The molecule has 6 atom stereocenters. The second-order valence-electron chi connectivity index (χ2n) is 6.97. The van der Waals surface area contributed by atoms with Crippen molar-refractivity contribution in [3.63, 3.8) is 0 Å². The summed E-state index contributed by atoms with van der Waals surface area (Å²) in [4.78, 5) is 0. The van der Waals surface area contributed by atoms with E-state index in [4.69, 9.17) is 0 Å². The number of hydrogen-bond donors (Lipinski definition) is 0. The van der Waals surface area contributed by atoms with Crippen LogP contribution in [0.5, 0.6) is 0 Å². The third-order valence-electron chi connectivity index (χ3n) is 5.83. The molecule has 0 spiro atoms. The predicted molar refractivity (Wildman–Crippen MR) is 103 cm³/mol. The summed E-state index contributed by atoms with van der Waals surface area (Å²) in [7, 11) is 2.31. The molecule has 1 aliphatic rings. The predicted octanol–water partition coefficient (Wildman–Crippen LogP) is 6.77. The Morgan fingerprint density at radius 3 is 1.52 bits per heavy atom. The van der Waals surface area contributed by atoms with Crippen molar-refractivity contribution >= 4 is 17.2 Å². The van der Waals surface area contributed by atoms with Crippen molar-refractivity contribution in [2.75, 3.05) is 13.3 Å². The van der Waals surface area contributed by atoms with Gasteiger partial charge in [0.2, 0.25) is 0 Å². The van der Waals surface area contributed by atoms with Crippen molar-refractivity contribution in [2.24, 2.45) is 17.3 Å². The molecule has 1 rings (SSSR count). The molecule has 0 aromatic heterocycles. The molecule has 21 heavy (non-hydrogen) atoms. The Balaban J connectivity index is 0.00000122. The Hall–Kier alpha value is 1.57. The third kappa shape index (κ3) is 6.53. The molecule has 1 saturated carbocycles. The van der Waals surface area contributed by atoms with Gasteiger partial charge in [0.15, 0.2) is 0 Å². The molecule has 0 aliphatic heterocycles. The van der Waals surface area contributed by atoms with E-state index in [1.165, 1.54) is 32.1 Å². The molecule has 1 fully saturated rings. The zero-order chi connectivity index (χ0) is 16.5. The Bertz CT molecular complexity index is 234. The van der Waals surface area contributed by atoms with E-state index in [1.807, 2.05) is 0 Å².